The molecule has 0 saturated carbocycles. The van der Waals surface area contributed by atoms with Gasteiger partial charge in [-0.05, 0) is 177 Å². The number of para-hydroxylation sites is 2. The minimum absolute atomic E-state index is 0.171. The van der Waals surface area contributed by atoms with E-state index in [1.807, 2.05) is 12.2 Å². The summed E-state index contributed by atoms with van der Waals surface area (Å²) in [6.07, 6.45) is 5.76. The molecule has 0 N–H and O–H groups in total. The summed E-state index contributed by atoms with van der Waals surface area (Å²) in [7, 11) is 0. The van der Waals surface area contributed by atoms with Gasteiger partial charge < -0.3 is 14.0 Å². The maximum Gasteiger partial charge on any atom is 0.0542 e. The highest BCUT2D eigenvalue weighted by Gasteiger charge is 2.21. The van der Waals surface area contributed by atoms with Gasteiger partial charge in [-0.3, -0.25) is 0 Å². The van der Waals surface area contributed by atoms with Crippen LogP contribution in [0.1, 0.15) is 40.2 Å². The quantitative estimate of drug-likeness (QED) is 0.0997. The zero-order valence-electron chi connectivity index (χ0n) is 45.6. The van der Waals surface area contributed by atoms with E-state index in [1.165, 1.54) is 82.6 Å². The molecule has 0 radical (unpaired) electrons. The Balaban J connectivity index is 0.788. The molecule has 1 atom stereocenters. The molecule has 0 spiro atoms. The highest BCUT2D eigenvalue weighted by Crippen LogP contribution is 2.43. The lowest BCUT2D eigenvalue weighted by Gasteiger charge is -2.26. The lowest BCUT2D eigenvalue weighted by Crippen LogP contribution is -2.10. The fourth-order valence-corrected chi connectivity index (χ4v) is 12.3. The van der Waals surface area contributed by atoms with Crippen LogP contribution in [0, 0.1) is 0 Å². The van der Waals surface area contributed by atoms with Crippen molar-refractivity contribution in [3.05, 3.63) is 332 Å². The maximum atomic E-state index is 4.13. The first kappa shape index (κ1) is 49.8. The van der Waals surface area contributed by atoms with Crippen LogP contribution in [0.25, 0.3) is 101 Å². The second kappa shape index (κ2) is 21.6. The van der Waals surface area contributed by atoms with Crippen molar-refractivity contribution in [2.24, 2.45) is 0 Å². The summed E-state index contributed by atoms with van der Waals surface area (Å²) in [6.45, 7) is 8.25. The Morgan fingerprint density at radius 3 is 1.13 bits per heavy atom. The van der Waals surface area contributed by atoms with E-state index in [0.29, 0.717) is 0 Å². The molecular formula is C79H59N3. The maximum absolute atomic E-state index is 4.13. The summed E-state index contributed by atoms with van der Waals surface area (Å²) in [5.41, 5.74) is 23.6. The van der Waals surface area contributed by atoms with Crippen molar-refractivity contribution in [2.45, 2.75) is 18.8 Å². The topological polar surface area (TPSA) is 13.1 Å². The number of hydrogen-bond donors (Lipinski definition) is 0. The van der Waals surface area contributed by atoms with Gasteiger partial charge in [0.2, 0.25) is 0 Å². The molecule has 14 aromatic rings. The summed E-state index contributed by atoms with van der Waals surface area (Å²) >= 11 is 0. The molecule has 0 aliphatic carbocycles. The van der Waals surface area contributed by atoms with E-state index in [0.717, 1.165) is 63.4 Å². The molecule has 0 fully saturated rings. The molecule has 0 amide bonds. The third kappa shape index (κ3) is 9.38. The van der Waals surface area contributed by atoms with Gasteiger partial charge in [-0.1, -0.05) is 213 Å². The molecule has 0 aliphatic heterocycles. The highest BCUT2D eigenvalue weighted by atomic mass is 15.1. The standard InChI is InChI=1S/C79H59N3/c1-3-55-28-47-76-72(51-55)74-53-65(40-49-78(74)81(76)66-21-13-7-14-22-66)71(64-34-32-61(33-35-64)58-17-9-5-10-18-58)46-27-57-25-30-60(31-26-57)63-38-43-69(44-39-63)80(68-41-36-62(37-42-68)59-19-11-6-12-20-59)70-45-50-79-75(54-70)73-52-56(4-2)29-48-77(73)82(79)67-23-15-8-16-24-67/h3-26,28-45,47-54,71H,1-2,27,46H2. The van der Waals surface area contributed by atoms with E-state index >= 15 is 0 Å². The van der Waals surface area contributed by atoms with Gasteiger partial charge in [-0.2, -0.15) is 0 Å². The average molecular weight is 1050 g/mol. The Morgan fingerprint density at radius 2 is 0.671 bits per heavy atom. The molecule has 0 saturated heterocycles. The first-order valence-electron chi connectivity index (χ1n) is 28.4. The summed E-state index contributed by atoms with van der Waals surface area (Å²) in [5, 5.41) is 4.86. The first-order valence-corrected chi connectivity index (χ1v) is 28.4. The van der Waals surface area contributed by atoms with Crippen molar-refractivity contribution in [3.8, 4) is 44.8 Å². The number of aromatic nitrogens is 2. The van der Waals surface area contributed by atoms with Crippen molar-refractivity contribution in [1.29, 1.82) is 0 Å². The second-order valence-electron chi connectivity index (χ2n) is 21.4. The monoisotopic (exact) mass is 1050 g/mol. The number of anilines is 3. The molecule has 82 heavy (non-hydrogen) atoms. The number of aryl methyl sites for hydroxylation is 1. The van der Waals surface area contributed by atoms with Gasteiger partial charge in [-0.25, -0.2) is 0 Å². The molecule has 0 bridgehead atoms. The lowest BCUT2D eigenvalue weighted by atomic mass is 9.85. The average Bonchev–Trinajstić information content (AvgIpc) is 4.29. The Labute approximate surface area is 479 Å². The van der Waals surface area contributed by atoms with Crippen LogP contribution in [0.5, 0.6) is 0 Å². The third-order valence-corrected chi connectivity index (χ3v) is 16.5. The highest BCUT2D eigenvalue weighted by molar-refractivity contribution is 6.12. The van der Waals surface area contributed by atoms with Gasteiger partial charge in [0.05, 0.1) is 22.1 Å². The van der Waals surface area contributed by atoms with E-state index in [2.05, 4.69) is 318 Å². The Hall–Kier alpha value is -10.5. The largest absolute Gasteiger partial charge is 0.310 e. The van der Waals surface area contributed by atoms with Crippen molar-refractivity contribution in [2.75, 3.05) is 4.90 Å². The van der Waals surface area contributed by atoms with Crippen LogP contribution in [0.15, 0.2) is 304 Å². The molecular weight excluding hydrogens is 991 g/mol. The van der Waals surface area contributed by atoms with E-state index in [4.69, 9.17) is 0 Å². The summed E-state index contributed by atoms with van der Waals surface area (Å²) in [6, 6.07) is 107. The summed E-state index contributed by atoms with van der Waals surface area (Å²) in [4.78, 5) is 2.38. The van der Waals surface area contributed by atoms with Gasteiger partial charge in [0.25, 0.3) is 0 Å². The zero-order valence-corrected chi connectivity index (χ0v) is 45.6. The van der Waals surface area contributed by atoms with E-state index in [1.54, 1.807) is 0 Å². The number of rotatable bonds is 15. The van der Waals surface area contributed by atoms with Crippen molar-refractivity contribution < 1.29 is 0 Å². The predicted molar refractivity (Wildman–Crippen MR) is 349 cm³/mol. The molecule has 12 aromatic carbocycles. The molecule has 390 valence electrons. The molecule has 0 aliphatic rings. The zero-order chi connectivity index (χ0) is 54.9. The van der Waals surface area contributed by atoms with Crippen LogP contribution >= 0.6 is 0 Å². The van der Waals surface area contributed by atoms with Crippen LogP contribution in [-0.2, 0) is 6.42 Å². The van der Waals surface area contributed by atoms with E-state index < -0.39 is 0 Å². The lowest BCUT2D eigenvalue weighted by molar-refractivity contribution is 0.716. The fourth-order valence-electron chi connectivity index (χ4n) is 12.3. The molecule has 3 heteroatoms. The first-order chi connectivity index (χ1) is 40.5. The molecule has 3 nitrogen and oxygen atoms in total. The minimum Gasteiger partial charge on any atom is -0.310 e. The fraction of sp³-hybridized carbons (Fsp3) is 0.0380. The Bertz CT molecular complexity index is 4590. The molecule has 2 aromatic heterocycles. The van der Waals surface area contributed by atoms with Crippen molar-refractivity contribution >= 4 is 72.8 Å². The van der Waals surface area contributed by atoms with Gasteiger partial charge in [0.15, 0.2) is 0 Å². The number of benzene rings is 12. The summed E-state index contributed by atoms with van der Waals surface area (Å²) in [5.74, 6) is 0.171. The Kier molecular flexibility index (Phi) is 13.1. The number of hydrogen-bond acceptors (Lipinski definition) is 1. The Morgan fingerprint density at radius 1 is 0.317 bits per heavy atom. The van der Waals surface area contributed by atoms with Crippen molar-refractivity contribution in [1.82, 2.24) is 9.13 Å². The summed E-state index contributed by atoms with van der Waals surface area (Å²) < 4.78 is 4.77. The predicted octanol–water partition coefficient (Wildman–Crippen LogP) is 21.4. The van der Waals surface area contributed by atoms with Crippen LogP contribution in [0.3, 0.4) is 0 Å². The van der Waals surface area contributed by atoms with E-state index in [9.17, 15) is 0 Å². The third-order valence-electron chi connectivity index (χ3n) is 16.5. The van der Waals surface area contributed by atoms with Crippen molar-refractivity contribution in [3.63, 3.8) is 0 Å². The smallest absolute Gasteiger partial charge is 0.0542 e. The number of nitrogens with zero attached hydrogens (tertiary/aromatic N) is 3. The normalized spacial score (nSPS) is 11.8. The van der Waals surface area contributed by atoms with Gasteiger partial charge in [0, 0.05) is 55.9 Å². The van der Waals surface area contributed by atoms with Crippen LogP contribution in [0.2, 0.25) is 0 Å². The minimum atomic E-state index is 0.171. The van der Waals surface area contributed by atoms with Crippen LogP contribution in [0.4, 0.5) is 17.1 Å². The van der Waals surface area contributed by atoms with Gasteiger partial charge in [0.1, 0.15) is 0 Å². The van der Waals surface area contributed by atoms with Crippen LogP contribution in [-0.4, -0.2) is 9.13 Å². The van der Waals surface area contributed by atoms with Crippen LogP contribution < -0.4 is 4.90 Å². The molecule has 2 heterocycles. The SMILES string of the molecule is C=Cc1ccc2c(c1)c1cc(C(CCc3ccc(-c4ccc(N(c5ccc(-c6ccccc6)cc5)c5ccc6c(c5)c5cc(C=C)ccc5n6-c5ccccc5)cc4)cc3)c3ccc(-c4ccccc4)cc3)ccc1n2-c1ccccc1. The number of fused-ring (bicyclic) bond motifs is 6. The second-order valence-corrected chi connectivity index (χ2v) is 21.4. The van der Waals surface area contributed by atoms with Gasteiger partial charge in [-0.15, -0.1) is 0 Å². The molecule has 14 rings (SSSR count). The van der Waals surface area contributed by atoms with E-state index in [-0.39, 0.29) is 5.92 Å². The van der Waals surface area contributed by atoms with Gasteiger partial charge >= 0.3 is 0 Å². The molecule has 1 unspecified atom stereocenters.